The number of benzene rings is 1. The second-order valence-corrected chi connectivity index (χ2v) is 6.18. The summed E-state index contributed by atoms with van der Waals surface area (Å²) in [6, 6.07) is 3.61. The molecule has 0 saturated carbocycles. The highest BCUT2D eigenvalue weighted by atomic mass is 16.2. The van der Waals surface area contributed by atoms with Crippen LogP contribution in [-0.2, 0) is 12.8 Å². The second kappa shape index (κ2) is 7.97. The van der Waals surface area contributed by atoms with E-state index in [9.17, 15) is 9.59 Å². The van der Waals surface area contributed by atoms with Crippen LogP contribution in [0.2, 0.25) is 0 Å². The van der Waals surface area contributed by atoms with E-state index in [-0.39, 0.29) is 5.56 Å². The number of fused-ring (bicyclic) bond motifs is 1. The number of amides is 2. The van der Waals surface area contributed by atoms with E-state index >= 15 is 0 Å². The van der Waals surface area contributed by atoms with Gasteiger partial charge in [-0.25, -0.2) is 0 Å². The molecule has 0 aromatic heterocycles. The quantitative estimate of drug-likeness (QED) is 0.879. The fourth-order valence-corrected chi connectivity index (χ4v) is 3.38. The Balaban J connectivity index is 2.39. The zero-order valence-corrected chi connectivity index (χ0v) is 13.2. The molecule has 0 saturated heterocycles. The van der Waals surface area contributed by atoms with E-state index < -0.39 is 11.8 Å². The number of carbonyl (C=O) groups excluding carboxylic acids is 2. The zero-order chi connectivity index (χ0) is 15.9. The molecular formula is C18H26N2O2. The fraction of sp³-hybridized carbons (Fsp3) is 0.556. The molecule has 0 aliphatic heterocycles. The maximum atomic E-state index is 11.9. The van der Waals surface area contributed by atoms with Gasteiger partial charge in [-0.05, 0) is 42.9 Å². The van der Waals surface area contributed by atoms with E-state index in [1.165, 1.54) is 32.1 Å². The summed E-state index contributed by atoms with van der Waals surface area (Å²) < 4.78 is 0. The molecule has 1 aliphatic carbocycles. The summed E-state index contributed by atoms with van der Waals surface area (Å²) in [7, 11) is 0. The van der Waals surface area contributed by atoms with Crippen LogP contribution in [0.25, 0.3) is 0 Å². The fourth-order valence-electron chi connectivity index (χ4n) is 3.38. The van der Waals surface area contributed by atoms with Gasteiger partial charge in [0.2, 0.25) is 11.8 Å². The topological polar surface area (TPSA) is 86.2 Å². The van der Waals surface area contributed by atoms with Gasteiger partial charge in [-0.3, -0.25) is 9.59 Å². The molecular weight excluding hydrogens is 276 g/mol. The van der Waals surface area contributed by atoms with Crippen LogP contribution in [0, 0.1) is 0 Å². The minimum absolute atomic E-state index is 0.262. The van der Waals surface area contributed by atoms with E-state index in [1.54, 1.807) is 6.07 Å². The van der Waals surface area contributed by atoms with Crippen molar-refractivity contribution in [2.75, 3.05) is 0 Å². The molecule has 2 rings (SSSR count). The van der Waals surface area contributed by atoms with Gasteiger partial charge in [0, 0.05) is 0 Å². The van der Waals surface area contributed by atoms with Gasteiger partial charge in [-0.2, -0.15) is 0 Å². The minimum atomic E-state index is -0.581. The largest absolute Gasteiger partial charge is 0.366 e. The lowest BCUT2D eigenvalue weighted by atomic mass is 9.88. The van der Waals surface area contributed by atoms with E-state index in [4.69, 9.17) is 11.5 Å². The Bertz CT molecular complexity index is 552. The van der Waals surface area contributed by atoms with Gasteiger partial charge in [-0.15, -0.1) is 0 Å². The minimum Gasteiger partial charge on any atom is -0.366 e. The number of hydrogen-bond acceptors (Lipinski definition) is 2. The van der Waals surface area contributed by atoms with Crippen LogP contribution in [0.3, 0.4) is 0 Å². The van der Waals surface area contributed by atoms with Gasteiger partial charge >= 0.3 is 0 Å². The van der Waals surface area contributed by atoms with E-state index in [0.717, 1.165) is 43.2 Å². The molecule has 2 amide bonds. The van der Waals surface area contributed by atoms with Gasteiger partial charge in [0.15, 0.2) is 0 Å². The number of carbonyl (C=O) groups is 2. The monoisotopic (exact) mass is 302 g/mol. The van der Waals surface area contributed by atoms with Crippen LogP contribution < -0.4 is 11.5 Å². The highest BCUT2D eigenvalue weighted by Gasteiger charge is 2.20. The summed E-state index contributed by atoms with van der Waals surface area (Å²) in [5.41, 5.74) is 13.7. The molecule has 0 spiro atoms. The third kappa shape index (κ3) is 4.09. The molecule has 0 atom stereocenters. The summed E-state index contributed by atoms with van der Waals surface area (Å²) in [5.74, 6) is -1.12. The molecule has 0 radical (unpaired) electrons. The molecule has 22 heavy (non-hydrogen) atoms. The Kier molecular flexibility index (Phi) is 5.99. The first-order valence-corrected chi connectivity index (χ1v) is 8.35. The van der Waals surface area contributed by atoms with E-state index in [2.05, 4.69) is 0 Å². The van der Waals surface area contributed by atoms with Gasteiger partial charge in [0.1, 0.15) is 0 Å². The highest BCUT2D eigenvalue weighted by Crippen LogP contribution is 2.25. The summed E-state index contributed by atoms with van der Waals surface area (Å²) in [6.07, 6.45) is 11.4. The average Bonchev–Trinajstić information content (AvgIpc) is 2.46. The first kappa shape index (κ1) is 16.5. The smallest absolute Gasteiger partial charge is 0.249 e. The van der Waals surface area contributed by atoms with E-state index in [1.807, 2.05) is 6.07 Å². The van der Waals surface area contributed by atoms with Crippen LogP contribution in [0.15, 0.2) is 12.1 Å². The highest BCUT2D eigenvalue weighted by molar-refractivity contribution is 6.07. The molecule has 1 aliphatic rings. The van der Waals surface area contributed by atoms with Crippen molar-refractivity contribution in [3.63, 3.8) is 0 Å². The lowest BCUT2D eigenvalue weighted by molar-refractivity contribution is 0.0966. The Hall–Kier alpha value is -1.84. The lowest BCUT2D eigenvalue weighted by Gasteiger charge is -2.17. The number of rotatable bonds is 2. The van der Waals surface area contributed by atoms with Crippen molar-refractivity contribution in [3.8, 4) is 0 Å². The standard InChI is InChI=1S/C18H26N2O2/c19-17(21)15-12-11-13-9-7-5-3-1-2-4-6-8-10-14(13)16(15)18(20)22/h11-12H,1-10H2,(H2,19,21)(H2,20,22). The molecule has 4 N–H and O–H groups in total. The normalized spacial score (nSPS) is 16.9. The predicted octanol–water partition coefficient (Wildman–Crippen LogP) is 3.10. The first-order chi connectivity index (χ1) is 10.6. The van der Waals surface area contributed by atoms with Crippen molar-refractivity contribution in [2.45, 2.75) is 64.2 Å². The van der Waals surface area contributed by atoms with Crippen LogP contribution in [0.5, 0.6) is 0 Å². The molecule has 0 fully saturated rings. The van der Waals surface area contributed by atoms with Crippen molar-refractivity contribution < 1.29 is 9.59 Å². The Morgan fingerprint density at radius 2 is 1.27 bits per heavy atom. The van der Waals surface area contributed by atoms with Crippen molar-refractivity contribution in [3.05, 3.63) is 34.4 Å². The predicted molar refractivity (Wildman–Crippen MR) is 87.8 cm³/mol. The van der Waals surface area contributed by atoms with Crippen LogP contribution >= 0.6 is 0 Å². The maximum absolute atomic E-state index is 11.9. The summed E-state index contributed by atoms with van der Waals surface area (Å²) in [5, 5.41) is 0. The Labute approximate surface area is 132 Å². The van der Waals surface area contributed by atoms with Gasteiger partial charge in [-0.1, -0.05) is 44.6 Å². The lowest BCUT2D eigenvalue weighted by Crippen LogP contribution is -2.23. The molecule has 0 bridgehead atoms. The number of primary amides is 2. The molecule has 120 valence electrons. The zero-order valence-electron chi connectivity index (χ0n) is 13.2. The summed E-state index contributed by atoms with van der Waals surface area (Å²) >= 11 is 0. The Morgan fingerprint density at radius 1 is 0.727 bits per heavy atom. The summed E-state index contributed by atoms with van der Waals surface area (Å²) in [6.45, 7) is 0. The molecule has 1 aromatic carbocycles. The van der Waals surface area contributed by atoms with Gasteiger partial charge in [0.05, 0.1) is 11.1 Å². The number of hydrogen-bond donors (Lipinski definition) is 2. The number of nitrogens with two attached hydrogens (primary N) is 2. The number of aryl methyl sites for hydroxylation is 1. The Morgan fingerprint density at radius 3 is 1.82 bits per heavy atom. The molecule has 0 unspecified atom stereocenters. The first-order valence-electron chi connectivity index (χ1n) is 8.35. The molecule has 0 heterocycles. The van der Waals surface area contributed by atoms with Crippen molar-refractivity contribution in [1.29, 1.82) is 0 Å². The third-order valence-corrected chi connectivity index (χ3v) is 4.54. The van der Waals surface area contributed by atoms with Crippen LogP contribution in [-0.4, -0.2) is 11.8 Å². The average molecular weight is 302 g/mol. The van der Waals surface area contributed by atoms with Crippen LogP contribution in [0.4, 0.5) is 0 Å². The second-order valence-electron chi connectivity index (χ2n) is 6.18. The molecule has 1 aromatic rings. The SMILES string of the molecule is NC(=O)c1ccc2c(c1C(N)=O)CCCCCCCCCC2. The van der Waals surface area contributed by atoms with Crippen molar-refractivity contribution >= 4 is 11.8 Å². The third-order valence-electron chi connectivity index (χ3n) is 4.54. The van der Waals surface area contributed by atoms with Crippen molar-refractivity contribution in [2.24, 2.45) is 11.5 Å². The molecule has 4 nitrogen and oxygen atoms in total. The van der Waals surface area contributed by atoms with Crippen LogP contribution in [0.1, 0.15) is 83.2 Å². The van der Waals surface area contributed by atoms with Crippen molar-refractivity contribution in [1.82, 2.24) is 0 Å². The van der Waals surface area contributed by atoms with Gasteiger partial charge in [0.25, 0.3) is 0 Å². The molecule has 4 heteroatoms. The maximum Gasteiger partial charge on any atom is 0.249 e. The van der Waals surface area contributed by atoms with Gasteiger partial charge < -0.3 is 11.5 Å². The summed E-state index contributed by atoms with van der Waals surface area (Å²) in [4.78, 5) is 23.5. The van der Waals surface area contributed by atoms with E-state index in [0.29, 0.717) is 5.56 Å².